The largest absolute Gasteiger partial charge is 0.453 e. The molecule has 0 amide bonds. The highest BCUT2D eigenvalue weighted by Gasteiger charge is 2.24. The number of hydrogen-bond donors (Lipinski definition) is 0. The topological polar surface area (TPSA) is 69.6 Å². The van der Waals surface area contributed by atoms with Crippen molar-refractivity contribution >= 4 is 43.9 Å². The van der Waals surface area contributed by atoms with Crippen LogP contribution in [0.15, 0.2) is 192 Å². The van der Waals surface area contributed by atoms with Crippen molar-refractivity contribution in [1.29, 1.82) is 0 Å². The molecule has 0 aliphatic heterocycles. The lowest BCUT2D eigenvalue weighted by atomic mass is 10.0. The number of hydrogen-bond acceptors (Lipinski definition) is 5. The minimum Gasteiger partial charge on any atom is -0.453 e. The van der Waals surface area contributed by atoms with Crippen molar-refractivity contribution in [2.24, 2.45) is 0 Å². The quantitative estimate of drug-likeness (QED) is 0.171. The van der Waals surface area contributed by atoms with E-state index in [4.69, 9.17) is 24.4 Å². The van der Waals surface area contributed by atoms with Gasteiger partial charge in [-0.05, 0) is 53.6 Å². The molecule has 0 bridgehead atoms. The van der Waals surface area contributed by atoms with Crippen molar-refractivity contribution in [3.63, 3.8) is 0 Å². The molecule has 7 aromatic carbocycles. The molecule has 262 valence electrons. The molecule has 0 radical (unpaired) electrons. The number of benzene rings is 7. The molecule has 4 aromatic heterocycles. The van der Waals surface area contributed by atoms with Crippen LogP contribution in [0.5, 0.6) is 0 Å². The fraction of sp³-hybridized carbons (Fsp3) is 0. The van der Waals surface area contributed by atoms with Gasteiger partial charge in [0, 0.05) is 38.7 Å². The molecule has 0 saturated heterocycles. The highest BCUT2D eigenvalue weighted by atomic mass is 16.3. The lowest BCUT2D eigenvalue weighted by Gasteiger charge is -2.12. The van der Waals surface area contributed by atoms with Crippen molar-refractivity contribution < 1.29 is 4.42 Å². The van der Waals surface area contributed by atoms with Gasteiger partial charge in [0.2, 0.25) is 0 Å². The summed E-state index contributed by atoms with van der Waals surface area (Å²) in [6.45, 7) is 0. The normalized spacial score (nSPS) is 11.6. The van der Waals surface area contributed by atoms with Crippen molar-refractivity contribution in [3.05, 3.63) is 188 Å². The van der Waals surface area contributed by atoms with Crippen LogP contribution in [-0.2, 0) is 0 Å². The Morgan fingerprint density at radius 2 is 0.893 bits per heavy atom. The molecule has 0 N–H and O–H groups in total. The van der Waals surface area contributed by atoms with Gasteiger partial charge in [0.25, 0.3) is 0 Å². The van der Waals surface area contributed by atoms with Crippen LogP contribution < -0.4 is 0 Å². The minimum absolute atomic E-state index is 0.617. The molecule has 4 heterocycles. The second-order valence-electron chi connectivity index (χ2n) is 13.8. The molecule has 6 heteroatoms. The number of rotatable bonds is 6. The van der Waals surface area contributed by atoms with Gasteiger partial charge in [-0.15, -0.1) is 0 Å². The lowest BCUT2D eigenvalue weighted by Crippen LogP contribution is -2.00. The number of furan rings is 1. The predicted molar refractivity (Wildman–Crippen MR) is 226 cm³/mol. The first-order valence-corrected chi connectivity index (χ1v) is 18.6. The standard InChI is InChI=1S/C50H31N5O/c1-4-16-32(17-5-1)44-43-45-47(56-46(43)39-26-10-12-28-41(39)51-44)40-27-11-13-29-42(40)55(45)38-25-15-23-36(31-38)35-22-14-24-37(30-35)50-53-48(33-18-6-2-7-19-33)52-49(54-50)34-20-8-3-9-21-34/h1-31H. The maximum atomic E-state index is 6.93. The number of nitrogens with zero attached hydrogens (tertiary/aromatic N) is 5. The molecule has 0 aliphatic rings. The van der Waals surface area contributed by atoms with Gasteiger partial charge in [-0.3, -0.25) is 0 Å². The van der Waals surface area contributed by atoms with E-state index in [1.54, 1.807) is 0 Å². The Balaban J connectivity index is 1.10. The monoisotopic (exact) mass is 717 g/mol. The number of pyridine rings is 1. The van der Waals surface area contributed by atoms with Gasteiger partial charge >= 0.3 is 0 Å². The second kappa shape index (κ2) is 13.0. The molecular weight excluding hydrogens is 687 g/mol. The molecule has 0 saturated carbocycles. The second-order valence-corrected chi connectivity index (χ2v) is 13.8. The summed E-state index contributed by atoms with van der Waals surface area (Å²) >= 11 is 0. The average Bonchev–Trinajstić information content (AvgIpc) is 3.82. The molecule has 11 rings (SSSR count). The van der Waals surface area contributed by atoms with Crippen molar-refractivity contribution in [3.8, 4) is 62.2 Å². The van der Waals surface area contributed by atoms with E-state index in [1.807, 2.05) is 78.9 Å². The Hall–Kier alpha value is -7.70. The molecule has 56 heavy (non-hydrogen) atoms. The summed E-state index contributed by atoms with van der Waals surface area (Å²) in [7, 11) is 0. The van der Waals surface area contributed by atoms with Crippen molar-refractivity contribution in [1.82, 2.24) is 24.5 Å². The molecule has 0 spiro atoms. The van der Waals surface area contributed by atoms with E-state index in [2.05, 4.69) is 114 Å². The zero-order valence-corrected chi connectivity index (χ0v) is 30.0. The van der Waals surface area contributed by atoms with E-state index in [0.717, 1.165) is 88.6 Å². The Morgan fingerprint density at radius 1 is 0.375 bits per heavy atom. The van der Waals surface area contributed by atoms with E-state index in [9.17, 15) is 0 Å². The van der Waals surface area contributed by atoms with E-state index < -0.39 is 0 Å². The molecular formula is C50H31N5O. The average molecular weight is 718 g/mol. The van der Waals surface area contributed by atoms with Crippen LogP contribution in [0.3, 0.4) is 0 Å². The van der Waals surface area contributed by atoms with Gasteiger partial charge in [-0.25, -0.2) is 19.9 Å². The molecule has 0 aliphatic carbocycles. The zero-order valence-electron chi connectivity index (χ0n) is 30.0. The first-order chi connectivity index (χ1) is 27.8. The third-order valence-electron chi connectivity index (χ3n) is 10.4. The summed E-state index contributed by atoms with van der Waals surface area (Å²) in [6.07, 6.45) is 0. The molecule has 0 unspecified atom stereocenters. The lowest BCUT2D eigenvalue weighted by molar-refractivity contribution is 0.676. The van der Waals surface area contributed by atoms with Crippen LogP contribution >= 0.6 is 0 Å². The minimum atomic E-state index is 0.617. The summed E-state index contributed by atoms with van der Waals surface area (Å²) in [4.78, 5) is 20.1. The fourth-order valence-electron chi connectivity index (χ4n) is 7.82. The first-order valence-electron chi connectivity index (χ1n) is 18.6. The van der Waals surface area contributed by atoms with Crippen LogP contribution in [0.2, 0.25) is 0 Å². The summed E-state index contributed by atoms with van der Waals surface area (Å²) < 4.78 is 9.26. The highest BCUT2D eigenvalue weighted by molar-refractivity contribution is 6.24. The van der Waals surface area contributed by atoms with Crippen molar-refractivity contribution in [2.75, 3.05) is 0 Å². The van der Waals surface area contributed by atoms with Crippen LogP contribution in [0.1, 0.15) is 0 Å². The van der Waals surface area contributed by atoms with E-state index in [1.165, 1.54) is 0 Å². The maximum Gasteiger partial charge on any atom is 0.164 e. The Kier molecular flexibility index (Phi) is 7.38. The SMILES string of the molecule is c1ccc(-c2nc(-c3ccccc3)nc(-c3cccc(-c4cccc(-n5c6ccccc6c6oc7c8ccccc8nc(-c8ccccc8)c7c65)c4)c3)n2)cc1. The predicted octanol–water partition coefficient (Wildman–Crippen LogP) is 12.6. The molecule has 0 atom stereocenters. The Morgan fingerprint density at radius 3 is 1.59 bits per heavy atom. The van der Waals surface area contributed by atoms with Crippen LogP contribution in [0.25, 0.3) is 106 Å². The number of para-hydroxylation sites is 2. The van der Waals surface area contributed by atoms with Crippen LogP contribution in [0.4, 0.5) is 0 Å². The molecule has 6 nitrogen and oxygen atoms in total. The van der Waals surface area contributed by atoms with Crippen LogP contribution in [-0.4, -0.2) is 24.5 Å². The zero-order chi connectivity index (χ0) is 37.0. The Labute approximate surface area is 322 Å². The van der Waals surface area contributed by atoms with Gasteiger partial charge < -0.3 is 8.98 Å². The third kappa shape index (κ3) is 5.27. The van der Waals surface area contributed by atoms with Gasteiger partial charge in [0.1, 0.15) is 11.1 Å². The smallest absolute Gasteiger partial charge is 0.164 e. The third-order valence-corrected chi connectivity index (χ3v) is 10.4. The van der Waals surface area contributed by atoms with E-state index in [0.29, 0.717) is 17.5 Å². The van der Waals surface area contributed by atoms with Gasteiger partial charge in [-0.2, -0.15) is 0 Å². The first kappa shape index (κ1) is 31.8. The van der Waals surface area contributed by atoms with Gasteiger partial charge in [-0.1, -0.05) is 146 Å². The van der Waals surface area contributed by atoms with Gasteiger partial charge in [0.05, 0.1) is 22.1 Å². The van der Waals surface area contributed by atoms with Gasteiger partial charge in [0.15, 0.2) is 23.1 Å². The van der Waals surface area contributed by atoms with E-state index >= 15 is 0 Å². The Bertz CT molecular complexity index is 3190. The fourth-order valence-corrected chi connectivity index (χ4v) is 7.82. The number of aromatic nitrogens is 5. The van der Waals surface area contributed by atoms with Crippen LogP contribution in [0, 0.1) is 0 Å². The maximum absolute atomic E-state index is 6.93. The summed E-state index contributed by atoms with van der Waals surface area (Å²) in [5.41, 5.74) is 12.5. The molecule has 0 fully saturated rings. The highest BCUT2D eigenvalue weighted by Crippen LogP contribution is 2.44. The number of fused-ring (bicyclic) bond motifs is 7. The molecule has 11 aromatic rings. The summed E-state index contributed by atoms with van der Waals surface area (Å²) in [6, 6.07) is 64.3. The van der Waals surface area contributed by atoms with Crippen molar-refractivity contribution in [2.45, 2.75) is 0 Å². The summed E-state index contributed by atoms with van der Waals surface area (Å²) in [5, 5.41) is 3.03. The van der Waals surface area contributed by atoms with E-state index in [-0.39, 0.29) is 0 Å². The summed E-state index contributed by atoms with van der Waals surface area (Å²) in [5.74, 6) is 1.89.